The number of rotatable bonds is 7. The van der Waals surface area contributed by atoms with Gasteiger partial charge in [0.05, 0.1) is 18.6 Å². The summed E-state index contributed by atoms with van der Waals surface area (Å²) >= 11 is 0. The Morgan fingerprint density at radius 1 is 0.667 bits per heavy atom. The molecule has 7 heteroatoms. The van der Waals surface area contributed by atoms with Crippen LogP contribution in [0.15, 0.2) is 0 Å². The lowest BCUT2D eigenvalue weighted by Crippen LogP contribution is -2.68. The fraction of sp³-hybridized carbons (Fsp3) is 0.955. The fourth-order valence-electron chi connectivity index (χ4n) is 15.5. The van der Waals surface area contributed by atoms with Crippen molar-refractivity contribution in [2.45, 2.75) is 138 Å². The van der Waals surface area contributed by atoms with Crippen molar-refractivity contribution in [1.82, 2.24) is 14.7 Å². The summed E-state index contributed by atoms with van der Waals surface area (Å²) in [5.74, 6) is 3.60. The highest BCUT2D eigenvalue weighted by Gasteiger charge is 2.73. The second-order valence-electron chi connectivity index (χ2n) is 21.0. The van der Waals surface area contributed by atoms with Crippen molar-refractivity contribution in [3.8, 4) is 0 Å². The first-order valence-corrected chi connectivity index (χ1v) is 21.7. The molecule has 6 saturated carbocycles. The molecular formula is C44H73N3O4. The van der Waals surface area contributed by atoms with Gasteiger partial charge in [-0.05, 0) is 148 Å². The van der Waals surface area contributed by atoms with Crippen molar-refractivity contribution in [2.24, 2.45) is 62.1 Å². The highest BCUT2D eigenvalue weighted by atomic mass is 16.5. The minimum atomic E-state index is -0.146. The van der Waals surface area contributed by atoms with Gasteiger partial charge in [0.1, 0.15) is 6.10 Å². The molecule has 51 heavy (non-hydrogen) atoms. The highest BCUT2D eigenvalue weighted by Crippen LogP contribution is 2.79. The zero-order valence-corrected chi connectivity index (χ0v) is 33.7. The second kappa shape index (κ2) is 13.0. The Morgan fingerprint density at radius 3 is 2.02 bits per heavy atom. The van der Waals surface area contributed by atoms with E-state index in [9.17, 15) is 4.79 Å². The number of hydrogen-bond donors (Lipinski definition) is 0. The third-order valence-electron chi connectivity index (χ3n) is 18.8. The number of morpholine rings is 1. The van der Waals surface area contributed by atoms with E-state index in [4.69, 9.17) is 9.47 Å². The van der Waals surface area contributed by atoms with Gasteiger partial charge in [0.25, 0.3) is 0 Å². The van der Waals surface area contributed by atoms with Crippen LogP contribution in [0.1, 0.15) is 132 Å². The van der Waals surface area contributed by atoms with E-state index in [2.05, 4.69) is 56.2 Å². The molecule has 0 aromatic heterocycles. The molecular weight excluding hydrogens is 635 g/mol. The van der Waals surface area contributed by atoms with E-state index >= 15 is 4.79 Å². The zero-order chi connectivity index (χ0) is 36.0. The van der Waals surface area contributed by atoms with Crippen LogP contribution in [-0.4, -0.2) is 98.3 Å². The summed E-state index contributed by atoms with van der Waals surface area (Å²) in [4.78, 5) is 34.9. The van der Waals surface area contributed by atoms with E-state index in [-0.39, 0.29) is 39.1 Å². The third kappa shape index (κ3) is 5.72. The van der Waals surface area contributed by atoms with Gasteiger partial charge in [0, 0.05) is 51.6 Å². The predicted molar refractivity (Wildman–Crippen MR) is 202 cm³/mol. The Bertz CT molecular complexity index is 1330. The average molecular weight is 708 g/mol. The number of nitrogens with zero attached hydrogens (tertiary/aromatic N) is 3. The lowest BCUT2D eigenvalue weighted by Gasteiger charge is -2.73. The topological polar surface area (TPSA) is 62.3 Å². The normalized spacial score (nSPS) is 46.3. The maximum Gasteiger partial charge on any atom is 0.302 e. The van der Waals surface area contributed by atoms with Gasteiger partial charge in [-0.15, -0.1) is 0 Å². The van der Waals surface area contributed by atoms with Crippen molar-refractivity contribution in [1.29, 1.82) is 0 Å². The summed E-state index contributed by atoms with van der Waals surface area (Å²) in [7, 11) is 0. The SMILES string of the molecule is CC(=O)O[C@H]1CC[C@]2(C)[C@H]3CC[C@@H]4[C@H]5[C@H](C6(C)CC6)CC[C@]5(C(=O)N5CCN(CCCN6CCOCC6)CC5)CC[C@@]4(C)[C@]3(C)CC[C@H]2C1(C)C. The molecule has 288 valence electrons. The van der Waals surface area contributed by atoms with Gasteiger partial charge in [0.2, 0.25) is 5.91 Å². The number of hydrogen-bond acceptors (Lipinski definition) is 6. The summed E-state index contributed by atoms with van der Waals surface area (Å²) in [6.45, 7) is 27.2. The molecule has 0 bridgehead atoms. The van der Waals surface area contributed by atoms with Crippen molar-refractivity contribution >= 4 is 11.9 Å². The lowest BCUT2D eigenvalue weighted by molar-refractivity contribution is -0.251. The van der Waals surface area contributed by atoms with Gasteiger partial charge in [-0.2, -0.15) is 0 Å². The maximum absolute atomic E-state index is 15.2. The molecule has 0 radical (unpaired) electrons. The summed E-state index contributed by atoms with van der Waals surface area (Å²) in [6.07, 6.45) is 16.0. The molecule has 8 aliphatic rings. The molecule has 8 fully saturated rings. The van der Waals surface area contributed by atoms with Gasteiger partial charge in [-0.3, -0.25) is 19.4 Å². The van der Waals surface area contributed by atoms with Gasteiger partial charge in [-0.25, -0.2) is 0 Å². The number of carbonyl (C=O) groups is 2. The van der Waals surface area contributed by atoms with Crippen LogP contribution in [-0.2, 0) is 19.1 Å². The number of ether oxygens (including phenoxy) is 2. The number of amides is 1. The first kappa shape index (κ1) is 36.8. The van der Waals surface area contributed by atoms with Gasteiger partial charge >= 0.3 is 5.97 Å². The van der Waals surface area contributed by atoms with Crippen molar-refractivity contribution in [3.63, 3.8) is 0 Å². The Hall–Kier alpha value is -1.18. The van der Waals surface area contributed by atoms with Crippen LogP contribution in [0, 0.1) is 62.1 Å². The van der Waals surface area contributed by atoms with Crippen molar-refractivity contribution < 1.29 is 19.1 Å². The average Bonchev–Trinajstić information content (AvgIpc) is 3.71. The minimum Gasteiger partial charge on any atom is -0.462 e. The molecule has 2 saturated heterocycles. The molecule has 0 spiro atoms. The summed E-state index contributed by atoms with van der Waals surface area (Å²) < 4.78 is 11.6. The predicted octanol–water partition coefficient (Wildman–Crippen LogP) is 7.67. The number of piperazine rings is 1. The molecule has 0 N–H and O–H groups in total. The lowest BCUT2D eigenvalue weighted by atomic mass is 9.32. The first-order valence-electron chi connectivity index (χ1n) is 21.7. The van der Waals surface area contributed by atoms with Crippen LogP contribution in [0.25, 0.3) is 0 Å². The Kier molecular flexibility index (Phi) is 9.34. The smallest absolute Gasteiger partial charge is 0.302 e. The maximum atomic E-state index is 15.2. The monoisotopic (exact) mass is 708 g/mol. The quantitative estimate of drug-likeness (QED) is 0.253. The highest BCUT2D eigenvalue weighted by molar-refractivity contribution is 5.84. The van der Waals surface area contributed by atoms with E-state index in [1.54, 1.807) is 6.92 Å². The minimum absolute atomic E-state index is 0.00420. The molecule has 0 unspecified atom stereocenters. The summed E-state index contributed by atoms with van der Waals surface area (Å²) in [5.41, 5.74) is 1.12. The van der Waals surface area contributed by atoms with E-state index in [1.807, 2.05) is 0 Å². The van der Waals surface area contributed by atoms with Gasteiger partial charge in [-0.1, -0.05) is 41.5 Å². The molecule has 8 rings (SSSR count). The zero-order valence-electron chi connectivity index (χ0n) is 33.7. The molecule has 0 aromatic carbocycles. The Morgan fingerprint density at radius 2 is 1.35 bits per heavy atom. The number of carbonyl (C=O) groups excluding carboxylic acids is 2. The largest absolute Gasteiger partial charge is 0.462 e. The number of fused-ring (bicyclic) bond motifs is 7. The summed E-state index contributed by atoms with van der Waals surface area (Å²) in [6, 6.07) is 0. The molecule has 2 heterocycles. The molecule has 1 amide bonds. The van der Waals surface area contributed by atoms with Gasteiger partial charge in [0.15, 0.2) is 0 Å². The van der Waals surface area contributed by atoms with E-state index in [0.29, 0.717) is 40.9 Å². The van der Waals surface area contributed by atoms with Crippen LogP contribution >= 0.6 is 0 Å². The number of esters is 1. The Labute approximate surface area is 310 Å². The Balaban J connectivity index is 1.01. The van der Waals surface area contributed by atoms with Crippen LogP contribution in [0.5, 0.6) is 0 Å². The molecule has 6 aliphatic carbocycles. The first-order chi connectivity index (χ1) is 24.2. The van der Waals surface area contributed by atoms with E-state index in [0.717, 1.165) is 78.3 Å². The van der Waals surface area contributed by atoms with Crippen molar-refractivity contribution in [2.75, 3.05) is 65.6 Å². The second-order valence-corrected chi connectivity index (χ2v) is 21.0. The van der Waals surface area contributed by atoms with Crippen LogP contribution in [0.4, 0.5) is 0 Å². The van der Waals surface area contributed by atoms with Crippen LogP contribution < -0.4 is 0 Å². The fourth-order valence-corrected chi connectivity index (χ4v) is 15.5. The van der Waals surface area contributed by atoms with E-state index in [1.165, 1.54) is 70.8 Å². The molecule has 7 nitrogen and oxygen atoms in total. The van der Waals surface area contributed by atoms with Crippen LogP contribution in [0.3, 0.4) is 0 Å². The molecule has 10 atom stereocenters. The third-order valence-corrected chi connectivity index (χ3v) is 18.8. The molecule has 2 aliphatic heterocycles. The van der Waals surface area contributed by atoms with Crippen LogP contribution in [0.2, 0.25) is 0 Å². The van der Waals surface area contributed by atoms with E-state index < -0.39 is 0 Å². The summed E-state index contributed by atoms with van der Waals surface area (Å²) in [5, 5.41) is 0. The molecule has 0 aromatic rings. The van der Waals surface area contributed by atoms with Gasteiger partial charge < -0.3 is 14.4 Å². The standard InChI is InChI=1S/C44H73N3O4/c1-31(48)51-36-13-14-41(5)34(39(36,2)3)12-15-43(7)35(41)10-9-33-37-32(40(4)17-18-40)11-16-44(37,20-19-42(33,43)6)38(49)47-25-23-45(24-26-47)21-8-22-46-27-29-50-30-28-46/h32-37H,8-30H2,1-7H3/t32-,33-,34+,35-,36+,37-,41+,42-,43-,44+/m1/s1. The van der Waals surface area contributed by atoms with Crippen molar-refractivity contribution in [3.05, 3.63) is 0 Å².